The molecule has 1 aliphatic rings. The maximum absolute atomic E-state index is 14.0. The van der Waals surface area contributed by atoms with Crippen molar-refractivity contribution in [2.45, 2.75) is 38.1 Å². The van der Waals surface area contributed by atoms with Crippen molar-refractivity contribution in [2.75, 3.05) is 20.3 Å². The second-order valence-corrected chi connectivity index (χ2v) is 9.44. The van der Waals surface area contributed by atoms with Crippen LogP contribution in [-0.4, -0.2) is 58.1 Å². The van der Waals surface area contributed by atoms with Gasteiger partial charge >= 0.3 is 0 Å². The Balaban J connectivity index is 1.49. The molecule has 202 valence electrons. The number of carbonyl (C=O) groups excluding carboxylic acids is 2. The highest BCUT2D eigenvalue weighted by Crippen LogP contribution is 2.27. The number of aromatic nitrogens is 3. The van der Waals surface area contributed by atoms with Crippen LogP contribution in [0.25, 0.3) is 11.0 Å². The molecule has 1 aromatic heterocycles. The molecule has 2 amide bonds. The van der Waals surface area contributed by atoms with Gasteiger partial charge in [-0.25, -0.2) is 9.07 Å². The van der Waals surface area contributed by atoms with Crippen molar-refractivity contribution < 1.29 is 23.5 Å². The number of fused-ring (bicyclic) bond motifs is 1. The lowest BCUT2D eigenvalue weighted by Crippen LogP contribution is -2.46. The van der Waals surface area contributed by atoms with Crippen molar-refractivity contribution in [3.05, 3.63) is 89.7 Å². The minimum atomic E-state index is -0.968. The summed E-state index contributed by atoms with van der Waals surface area (Å²) >= 11 is 0. The lowest BCUT2D eigenvalue weighted by molar-refractivity contribution is -0.142. The highest BCUT2D eigenvalue weighted by molar-refractivity contribution is 5.89. The van der Waals surface area contributed by atoms with Crippen LogP contribution in [0.1, 0.15) is 30.0 Å². The Kier molecular flexibility index (Phi) is 8.12. The molecule has 0 saturated carbocycles. The topological polar surface area (TPSA) is 98.6 Å². The van der Waals surface area contributed by atoms with Crippen LogP contribution in [0.2, 0.25) is 0 Å². The fourth-order valence-electron chi connectivity index (χ4n) is 4.74. The molecule has 9 nitrogen and oxygen atoms in total. The van der Waals surface area contributed by atoms with E-state index in [2.05, 4.69) is 15.6 Å². The number of amides is 2. The highest BCUT2D eigenvalue weighted by atomic mass is 19.1. The zero-order valence-electron chi connectivity index (χ0n) is 21.6. The van der Waals surface area contributed by atoms with Gasteiger partial charge in [0.1, 0.15) is 29.7 Å². The first-order valence-corrected chi connectivity index (χ1v) is 12.9. The highest BCUT2D eigenvalue weighted by Gasteiger charge is 2.33. The Morgan fingerprint density at radius 1 is 1.13 bits per heavy atom. The van der Waals surface area contributed by atoms with E-state index in [0.29, 0.717) is 41.1 Å². The molecule has 0 radical (unpaired) electrons. The summed E-state index contributed by atoms with van der Waals surface area (Å²) < 4.78 is 26.2. The van der Waals surface area contributed by atoms with Gasteiger partial charge in [0.2, 0.25) is 11.8 Å². The third-order valence-corrected chi connectivity index (χ3v) is 6.81. The van der Waals surface area contributed by atoms with Gasteiger partial charge in [-0.1, -0.05) is 41.6 Å². The van der Waals surface area contributed by atoms with Crippen LogP contribution in [-0.2, 0) is 27.4 Å². The number of para-hydroxylation sites is 1. The van der Waals surface area contributed by atoms with E-state index < -0.39 is 6.04 Å². The van der Waals surface area contributed by atoms with Gasteiger partial charge in [-0.2, -0.15) is 0 Å². The number of hydrogen-bond acceptors (Lipinski definition) is 6. The lowest BCUT2D eigenvalue weighted by atomic mass is 10.0. The van der Waals surface area contributed by atoms with Crippen molar-refractivity contribution in [2.24, 2.45) is 0 Å². The maximum atomic E-state index is 14.0. The van der Waals surface area contributed by atoms with Gasteiger partial charge in [-0.05, 0) is 60.4 Å². The third-order valence-electron chi connectivity index (χ3n) is 6.81. The van der Waals surface area contributed by atoms with Gasteiger partial charge in [0.15, 0.2) is 0 Å². The Morgan fingerprint density at radius 2 is 1.90 bits per heavy atom. The fourth-order valence-corrected chi connectivity index (χ4v) is 4.74. The predicted molar refractivity (Wildman–Crippen MR) is 142 cm³/mol. The van der Waals surface area contributed by atoms with E-state index in [1.165, 1.54) is 21.7 Å². The summed E-state index contributed by atoms with van der Waals surface area (Å²) in [6.45, 7) is 0.963. The molecule has 1 aliphatic heterocycles. The van der Waals surface area contributed by atoms with E-state index in [-0.39, 0.29) is 36.8 Å². The van der Waals surface area contributed by atoms with Crippen molar-refractivity contribution in [3.8, 4) is 5.75 Å². The molecule has 10 heteroatoms. The smallest absolute Gasteiger partial charge is 0.247 e. The molecule has 2 atom stereocenters. The second kappa shape index (κ2) is 12.0. The Morgan fingerprint density at radius 3 is 2.62 bits per heavy atom. The summed E-state index contributed by atoms with van der Waals surface area (Å²) in [5, 5.41) is 11.3. The average molecular weight is 532 g/mol. The van der Waals surface area contributed by atoms with Crippen LogP contribution < -0.4 is 10.1 Å². The SMILES string of the molecule is COc1ccc(C(C(=O)NCC2CCCO2)N(Cc2ccc(F)cc2)C(=O)Cn2nnc3ccccc32)cc1. The van der Waals surface area contributed by atoms with E-state index in [9.17, 15) is 14.0 Å². The summed E-state index contributed by atoms with van der Waals surface area (Å²) in [6, 6.07) is 19.3. The largest absolute Gasteiger partial charge is 0.497 e. The van der Waals surface area contributed by atoms with Gasteiger partial charge < -0.3 is 19.7 Å². The van der Waals surface area contributed by atoms with E-state index in [4.69, 9.17) is 9.47 Å². The minimum Gasteiger partial charge on any atom is -0.497 e. The van der Waals surface area contributed by atoms with Crippen LogP contribution in [0, 0.1) is 5.82 Å². The van der Waals surface area contributed by atoms with Crippen molar-refractivity contribution >= 4 is 22.8 Å². The van der Waals surface area contributed by atoms with E-state index in [1.807, 2.05) is 24.3 Å². The lowest BCUT2D eigenvalue weighted by Gasteiger charge is -2.32. The van der Waals surface area contributed by atoms with E-state index >= 15 is 0 Å². The summed E-state index contributed by atoms with van der Waals surface area (Å²) in [5.41, 5.74) is 2.66. The zero-order valence-corrected chi connectivity index (χ0v) is 21.6. The number of ether oxygens (including phenoxy) is 2. The van der Waals surface area contributed by atoms with Crippen molar-refractivity contribution in [1.82, 2.24) is 25.2 Å². The minimum absolute atomic E-state index is 0.0618. The predicted octanol–water partition coefficient (Wildman–Crippen LogP) is 3.64. The third kappa shape index (κ3) is 6.23. The van der Waals surface area contributed by atoms with Crippen molar-refractivity contribution in [3.63, 3.8) is 0 Å². The number of benzene rings is 3. The molecule has 0 bridgehead atoms. The molecule has 3 aromatic carbocycles. The van der Waals surface area contributed by atoms with E-state index in [1.54, 1.807) is 43.5 Å². The number of carbonyl (C=O) groups is 2. The van der Waals surface area contributed by atoms with E-state index in [0.717, 1.165) is 12.8 Å². The quantitative estimate of drug-likeness (QED) is 0.336. The Hall–Kier alpha value is -4.31. The van der Waals surface area contributed by atoms with Crippen LogP contribution in [0.15, 0.2) is 72.8 Å². The number of halogens is 1. The summed E-state index contributed by atoms with van der Waals surface area (Å²) in [7, 11) is 1.56. The summed E-state index contributed by atoms with van der Waals surface area (Å²) in [4.78, 5) is 29.2. The van der Waals surface area contributed by atoms with Gasteiger partial charge in [-0.3, -0.25) is 9.59 Å². The summed E-state index contributed by atoms with van der Waals surface area (Å²) in [5.74, 6) is -0.438. The van der Waals surface area contributed by atoms with Gasteiger partial charge in [0.05, 0.1) is 18.7 Å². The first kappa shape index (κ1) is 26.3. The zero-order chi connectivity index (χ0) is 27.2. The molecule has 2 heterocycles. The van der Waals surface area contributed by atoms with Crippen LogP contribution in [0.4, 0.5) is 4.39 Å². The molecule has 1 saturated heterocycles. The average Bonchev–Trinajstić information content (AvgIpc) is 3.63. The number of nitrogens with one attached hydrogen (secondary N) is 1. The molecular weight excluding hydrogens is 501 g/mol. The van der Waals surface area contributed by atoms with Crippen LogP contribution in [0.5, 0.6) is 5.75 Å². The molecule has 5 rings (SSSR count). The van der Waals surface area contributed by atoms with Gasteiger partial charge in [0.25, 0.3) is 0 Å². The standard InChI is InChI=1S/C29H30FN5O4/c1-38-23-14-10-21(11-15-23)28(29(37)31-17-24-5-4-16-39-24)34(18-20-8-12-22(30)13-9-20)27(36)19-35-26-7-3-2-6-25(26)32-33-35/h2-3,6-15,24,28H,4-5,16-19H2,1H3,(H,31,37). The number of methoxy groups -OCH3 is 1. The Bertz CT molecular complexity index is 1420. The fraction of sp³-hybridized carbons (Fsp3) is 0.310. The normalized spacial score (nSPS) is 15.7. The number of nitrogens with zero attached hydrogens (tertiary/aromatic N) is 4. The van der Waals surface area contributed by atoms with Crippen molar-refractivity contribution in [1.29, 1.82) is 0 Å². The molecular formula is C29H30FN5O4. The van der Waals surface area contributed by atoms with Gasteiger partial charge in [0, 0.05) is 19.7 Å². The Labute approximate surface area is 225 Å². The maximum Gasteiger partial charge on any atom is 0.247 e. The first-order chi connectivity index (χ1) is 19.0. The monoisotopic (exact) mass is 531 g/mol. The molecule has 1 N–H and O–H groups in total. The van der Waals surface area contributed by atoms with Crippen LogP contribution >= 0.6 is 0 Å². The molecule has 4 aromatic rings. The molecule has 2 unspecified atom stereocenters. The number of rotatable bonds is 10. The second-order valence-electron chi connectivity index (χ2n) is 9.44. The number of hydrogen-bond donors (Lipinski definition) is 1. The van der Waals surface area contributed by atoms with Gasteiger partial charge in [-0.15, -0.1) is 5.10 Å². The molecule has 1 fully saturated rings. The molecule has 0 spiro atoms. The first-order valence-electron chi connectivity index (χ1n) is 12.9. The van der Waals surface area contributed by atoms with Crippen LogP contribution in [0.3, 0.4) is 0 Å². The molecule has 39 heavy (non-hydrogen) atoms. The molecule has 0 aliphatic carbocycles. The summed E-state index contributed by atoms with van der Waals surface area (Å²) in [6.07, 6.45) is 1.75.